The molecule has 7 heteroatoms. The molecule has 29 heavy (non-hydrogen) atoms. The lowest BCUT2D eigenvalue weighted by molar-refractivity contribution is -0.117. The van der Waals surface area contributed by atoms with Gasteiger partial charge >= 0.3 is 0 Å². The zero-order valence-electron chi connectivity index (χ0n) is 16.4. The second kappa shape index (κ2) is 7.15. The molecule has 1 aliphatic heterocycles. The molecule has 0 saturated heterocycles. The maximum atomic E-state index is 13.3. The van der Waals surface area contributed by atoms with E-state index in [0.29, 0.717) is 11.0 Å². The van der Waals surface area contributed by atoms with Gasteiger partial charge in [-0.15, -0.1) is 5.10 Å². The van der Waals surface area contributed by atoms with Crippen LogP contribution < -0.4 is 4.90 Å². The number of aromatic nitrogens is 4. The van der Waals surface area contributed by atoms with Gasteiger partial charge in [-0.1, -0.05) is 42.1 Å². The van der Waals surface area contributed by atoms with Crippen molar-refractivity contribution in [2.75, 3.05) is 11.4 Å². The Morgan fingerprint density at radius 3 is 2.79 bits per heavy atom. The average molecular weight is 404 g/mol. The Morgan fingerprint density at radius 2 is 1.90 bits per heavy atom. The molecule has 1 aliphatic rings. The van der Waals surface area contributed by atoms with Gasteiger partial charge in [0, 0.05) is 17.6 Å². The van der Waals surface area contributed by atoms with Crippen molar-refractivity contribution in [3.05, 3.63) is 59.9 Å². The highest BCUT2D eigenvalue weighted by Crippen LogP contribution is 2.31. The van der Waals surface area contributed by atoms with Crippen molar-refractivity contribution in [2.45, 2.75) is 37.1 Å². The molecular weight excluding hydrogens is 382 g/mol. The molecule has 0 aliphatic carbocycles. The molecule has 0 saturated carbocycles. The van der Waals surface area contributed by atoms with Gasteiger partial charge in [0.15, 0.2) is 10.8 Å². The number of aryl methyl sites for hydroxylation is 2. The number of fused-ring (bicyclic) bond motifs is 4. The normalized spacial score (nSPS) is 14.9. The van der Waals surface area contributed by atoms with E-state index in [-0.39, 0.29) is 11.2 Å². The van der Waals surface area contributed by atoms with Crippen molar-refractivity contribution in [2.24, 2.45) is 0 Å². The minimum atomic E-state index is -0.289. The molecular formula is C22H21N5OS. The number of nitrogens with zero attached hydrogens (tertiary/aromatic N) is 5. The highest BCUT2D eigenvalue weighted by atomic mass is 32.2. The third kappa shape index (κ3) is 3.15. The van der Waals surface area contributed by atoms with Crippen molar-refractivity contribution in [3.8, 4) is 0 Å². The predicted octanol–water partition coefficient (Wildman–Crippen LogP) is 4.05. The topological polar surface area (TPSA) is 63.4 Å². The fraction of sp³-hybridized carbons (Fsp3) is 0.273. The van der Waals surface area contributed by atoms with Crippen LogP contribution in [-0.2, 0) is 11.2 Å². The fourth-order valence-corrected chi connectivity index (χ4v) is 4.82. The van der Waals surface area contributed by atoms with E-state index in [9.17, 15) is 4.79 Å². The van der Waals surface area contributed by atoms with Crippen LogP contribution in [0.15, 0.2) is 53.7 Å². The summed E-state index contributed by atoms with van der Waals surface area (Å²) in [6.45, 7) is 4.57. The first-order chi connectivity index (χ1) is 14.1. The van der Waals surface area contributed by atoms with Crippen LogP contribution in [0.5, 0.6) is 0 Å². The molecule has 3 heterocycles. The number of thioether (sulfide) groups is 1. The molecule has 0 unspecified atom stereocenters. The minimum absolute atomic E-state index is 0.0992. The molecule has 1 amide bonds. The Balaban J connectivity index is 1.50. The van der Waals surface area contributed by atoms with Crippen LogP contribution >= 0.6 is 11.8 Å². The first-order valence-corrected chi connectivity index (χ1v) is 10.7. The second-order valence-corrected chi connectivity index (χ2v) is 8.60. The van der Waals surface area contributed by atoms with Crippen molar-refractivity contribution >= 4 is 39.9 Å². The number of benzene rings is 2. The number of amides is 1. The molecule has 146 valence electrons. The Hall–Kier alpha value is -2.93. The summed E-state index contributed by atoms with van der Waals surface area (Å²) >= 11 is 1.44. The first-order valence-electron chi connectivity index (χ1n) is 9.80. The molecule has 0 radical (unpaired) electrons. The van der Waals surface area contributed by atoms with E-state index in [0.717, 1.165) is 41.6 Å². The maximum absolute atomic E-state index is 13.3. The van der Waals surface area contributed by atoms with Gasteiger partial charge in [0.2, 0.25) is 5.91 Å². The Bertz CT molecular complexity index is 1230. The number of carbonyl (C=O) groups excluding carboxylic acids is 1. The SMILES string of the molecule is Cc1nc2c3ccccc3nc(S[C@H](C)C(=O)N3CCCc4ccccc43)n2n1. The summed E-state index contributed by atoms with van der Waals surface area (Å²) in [5, 5.41) is 5.88. The zero-order chi connectivity index (χ0) is 20.0. The number of para-hydroxylation sites is 2. The maximum Gasteiger partial charge on any atom is 0.240 e. The van der Waals surface area contributed by atoms with Gasteiger partial charge in [-0.25, -0.2) is 9.97 Å². The third-order valence-electron chi connectivity index (χ3n) is 5.26. The molecule has 0 spiro atoms. The van der Waals surface area contributed by atoms with E-state index < -0.39 is 0 Å². The van der Waals surface area contributed by atoms with Gasteiger partial charge in [-0.2, -0.15) is 4.52 Å². The third-order valence-corrected chi connectivity index (χ3v) is 6.29. The Kier molecular flexibility index (Phi) is 4.47. The van der Waals surface area contributed by atoms with Crippen LogP contribution in [-0.4, -0.2) is 37.3 Å². The van der Waals surface area contributed by atoms with Gasteiger partial charge in [0.05, 0.1) is 10.8 Å². The summed E-state index contributed by atoms with van der Waals surface area (Å²) in [4.78, 5) is 24.6. The van der Waals surface area contributed by atoms with E-state index in [1.807, 2.05) is 61.2 Å². The van der Waals surface area contributed by atoms with Crippen LogP contribution in [0.2, 0.25) is 0 Å². The summed E-state index contributed by atoms with van der Waals surface area (Å²) in [6.07, 6.45) is 2.01. The van der Waals surface area contributed by atoms with Crippen LogP contribution in [0.4, 0.5) is 5.69 Å². The minimum Gasteiger partial charge on any atom is -0.311 e. The van der Waals surface area contributed by atoms with Gasteiger partial charge in [0.25, 0.3) is 0 Å². The van der Waals surface area contributed by atoms with Crippen LogP contribution in [0, 0.1) is 6.92 Å². The molecule has 1 atom stereocenters. The highest BCUT2D eigenvalue weighted by Gasteiger charge is 2.28. The molecule has 0 fully saturated rings. The zero-order valence-corrected chi connectivity index (χ0v) is 17.2. The van der Waals surface area contributed by atoms with Crippen LogP contribution in [0.3, 0.4) is 0 Å². The Labute approximate surface area is 173 Å². The number of hydrogen-bond acceptors (Lipinski definition) is 5. The quantitative estimate of drug-likeness (QED) is 0.381. The van der Waals surface area contributed by atoms with Crippen molar-refractivity contribution in [3.63, 3.8) is 0 Å². The molecule has 0 bridgehead atoms. The van der Waals surface area contributed by atoms with E-state index in [4.69, 9.17) is 4.98 Å². The molecule has 2 aromatic carbocycles. The van der Waals surface area contributed by atoms with Crippen molar-refractivity contribution < 1.29 is 4.79 Å². The second-order valence-electron chi connectivity index (χ2n) is 7.29. The summed E-state index contributed by atoms with van der Waals surface area (Å²) in [7, 11) is 0. The van der Waals surface area contributed by atoms with E-state index in [2.05, 4.69) is 16.1 Å². The highest BCUT2D eigenvalue weighted by molar-refractivity contribution is 8.00. The predicted molar refractivity (Wildman–Crippen MR) is 115 cm³/mol. The summed E-state index contributed by atoms with van der Waals surface area (Å²) in [5.74, 6) is 0.788. The average Bonchev–Trinajstić information content (AvgIpc) is 3.15. The summed E-state index contributed by atoms with van der Waals surface area (Å²) < 4.78 is 1.76. The standard InChI is InChI=1S/C22H21N5OS/c1-14(21(28)26-13-7-9-16-8-3-6-12-19(16)26)29-22-24-18-11-5-4-10-17(18)20-23-15(2)25-27(20)22/h3-6,8,10-12,14H,7,9,13H2,1-2H3/t14-/m1/s1. The molecule has 2 aromatic heterocycles. The number of anilines is 1. The monoisotopic (exact) mass is 403 g/mol. The largest absolute Gasteiger partial charge is 0.311 e. The summed E-state index contributed by atoms with van der Waals surface area (Å²) in [6, 6.07) is 16.1. The smallest absolute Gasteiger partial charge is 0.240 e. The van der Waals surface area contributed by atoms with E-state index >= 15 is 0 Å². The Morgan fingerprint density at radius 1 is 1.10 bits per heavy atom. The van der Waals surface area contributed by atoms with Crippen molar-refractivity contribution in [1.82, 2.24) is 19.6 Å². The lowest BCUT2D eigenvalue weighted by Crippen LogP contribution is -2.40. The number of rotatable bonds is 3. The first kappa shape index (κ1) is 18.1. The summed E-state index contributed by atoms with van der Waals surface area (Å²) in [5.41, 5.74) is 3.91. The van der Waals surface area contributed by atoms with Gasteiger partial charge < -0.3 is 4.90 Å². The van der Waals surface area contributed by atoms with Crippen molar-refractivity contribution in [1.29, 1.82) is 0 Å². The fourth-order valence-electron chi connectivity index (χ4n) is 3.90. The van der Waals surface area contributed by atoms with Gasteiger partial charge in [0.1, 0.15) is 5.82 Å². The molecule has 0 N–H and O–H groups in total. The number of hydrogen-bond donors (Lipinski definition) is 0. The number of carbonyl (C=O) groups is 1. The van der Waals surface area contributed by atoms with Crippen LogP contribution in [0.25, 0.3) is 16.6 Å². The molecule has 6 nitrogen and oxygen atoms in total. The molecule has 4 aromatic rings. The van der Waals surface area contributed by atoms with E-state index in [1.165, 1.54) is 17.3 Å². The van der Waals surface area contributed by atoms with Gasteiger partial charge in [-0.3, -0.25) is 4.79 Å². The lowest BCUT2D eigenvalue weighted by atomic mass is 10.0. The van der Waals surface area contributed by atoms with E-state index in [1.54, 1.807) is 4.52 Å². The lowest BCUT2D eigenvalue weighted by Gasteiger charge is -2.31. The van der Waals surface area contributed by atoms with Gasteiger partial charge in [-0.05, 0) is 50.5 Å². The molecule has 5 rings (SSSR count). The van der Waals surface area contributed by atoms with Crippen LogP contribution in [0.1, 0.15) is 24.7 Å².